The Labute approximate surface area is 52.9 Å². The molecule has 1 unspecified atom stereocenters. The third-order valence-corrected chi connectivity index (χ3v) is 1.36. The van der Waals surface area contributed by atoms with Crippen LogP contribution in [0.5, 0.6) is 0 Å². The van der Waals surface area contributed by atoms with Crippen molar-refractivity contribution in [3.8, 4) is 0 Å². The fourth-order valence-corrected chi connectivity index (χ4v) is 0.789. The Morgan fingerprint density at radius 2 is 2.33 bits per heavy atom. The van der Waals surface area contributed by atoms with Crippen LogP contribution in [0.25, 0.3) is 0 Å². The smallest absolute Gasteiger partial charge is 0.122 e. The van der Waals surface area contributed by atoms with Gasteiger partial charge in [0.1, 0.15) is 12.0 Å². The van der Waals surface area contributed by atoms with Crippen LogP contribution in [0.15, 0.2) is 23.6 Å². The summed E-state index contributed by atoms with van der Waals surface area (Å²) in [5.41, 5.74) is 0.505. The van der Waals surface area contributed by atoms with Crippen LogP contribution >= 0.6 is 0 Å². The summed E-state index contributed by atoms with van der Waals surface area (Å²) in [6.45, 7) is 1.60. The molecule has 0 aliphatic heterocycles. The molecule has 0 aromatic carbocycles. The molecule has 0 spiro atoms. The number of hydrogen-bond acceptors (Lipinski definition) is 0. The van der Waals surface area contributed by atoms with Crippen molar-refractivity contribution in [1.82, 2.24) is 0 Å². The van der Waals surface area contributed by atoms with Crippen molar-refractivity contribution in [3.05, 3.63) is 23.6 Å². The van der Waals surface area contributed by atoms with E-state index in [2.05, 4.69) is 0 Å². The van der Waals surface area contributed by atoms with Crippen molar-refractivity contribution in [2.75, 3.05) is 0 Å². The van der Waals surface area contributed by atoms with E-state index in [4.69, 9.17) is 0 Å². The zero-order valence-corrected chi connectivity index (χ0v) is 5.20. The molecule has 1 rings (SSSR count). The van der Waals surface area contributed by atoms with Crippen LogP contribution in [-0.2, 0) is 0 Å². The van der Waals surface area contributed by atoms with Crippen LogP contribution in [0, 0.1) is 0 Å². The van der Waals surface area contributed by atoms with Gasteiger partial charge in [0.15, 0.2) is 0 Å². The predicted octanol–water partition coefficient (Wildman–Crippen LogP) is 2.53. The summed E-state index contributed by atoms with van der Waals surface area (Å²) in [4.78, 5) is 0. The standard InChI is InChI=1S/C7H8F2/c1-5-4-6(8)2-3-7(5)9/h2-3,6H,4H2,1H3. The maximum atomic E-state index is 12.4. The maximum absolute atomic E-state index is 12.4. The second kappa shape index (κ2) is 2.29. The normalized spacial score (nSPS) is 27.2. The van der Waals surface area contributed by atoms with Crippen molar-refractivity contribution < 1.29 is 8.78 Å². The highest BCUT2D eigenvalue weighted by Gasteiger charge is 2.10. The highest BCUT2D eigenvalue weighted by molar-refractivity contribution is 5.24. The lowest BCUT2D eigenvalue weighted by Gasteiger charge is -2.08. The summed E-state index contributed by atoms with van der Waals surface area (Å²) in [7, 11) is 0. The fraction of sp³-hybridized carbons (Fsp3) is 0.429. The van der Waals surface area contributed by atoms with Gasteiger partial charge in [-0.2, -0.15) is 0 Å². The van der Waals surface area contributed by atoms with Gasteiger partial charge in [0.05, 0.1) is 0 Å². The van der Waals surface area contributed by atoms with Gasteiger partial charge in [-0.05, 0) is 24.6 Å². The first-order chi connectivity index (χ1) is 4.20. The topological polar surface area (TPSA) is 0 Å². The molecule has 0 amide bonds. The minimum Gasteiger partial charge on any atom is -0.243 e. The van der Waals surface area contributed by atoms with Gasteiger partial charge in [-0.3, -0.25) is 0 Å². The maximum Gasteiger partial charge on any atom is 0.122 e. The fourth-order valence-electron chi connectivity index (χ4n) is 0.789. The zero-order chi connectivity index (χ0) is 6.85. The first-order valence-electron chi connectivity index (χ1n) is 2.87. The Morgan fingerprint density at radius 1 is 1.67 bits per heavy atom. The number of rotatable bonds is 0. The summed E-state index contributed by atoms with van der Waals surface area (Å²) in [5.74, 6) is -0.288. The van der Waals surface area contributed by atoms with E-state index in [0.717, 1.165) is 0 Å². The Kier molecular flexibility index (Phi) is 1.65. The quantitative estimate of drug-likeness (QED) is 0.472. The Balaban J connectivity index is 2.75. The minimum atomic E-state index is -0.982. The van der Waals surface area contributed by atoms with E-state index in [1.54, 1.807) is 6.92 Å². The van der Waals surface area contributed by atoms with Crippen LogP contribution in [0.1, 0.15) is 13.3 Å². The lowest BCUT2D eigenvalue weighted by atomic mass is 10.1. The molecule has 0 heterocycles. The van der Waals surface area contributed by atoms with Gasteiger partial charge >= 0.3 is 0 Å². The second-order valence-corrected chi connectivity index (χ2v) is 2.21. The van der Waals surface area contributed by atoms with E-state index in [-0.39, 0.29) is 12.2 Å². The number of alkyl halides is 1. The van der Waals surface area contributed by atoms with Gasteiger partial charge in [-0.25, -0.2) is 8.78 Å². The average Bonchev–Trinajstić information content (AvgIpc) is 1.80. The van der Waals surface area contributed by atoms with Crippen molar-refractivity contribution in [2.24, 2.45) is 0 Å². The molecule has 9 heavy (non-hydrogen) atoms. The van der Waals surface area contributed by atoms with Crippen molar-refractivity contribution in [2.45, 2.75) is 19.5 Å². The molecule has 0 aromatic rings. The lowest BCUT2D eigenvalue weighted by Crippen LogP contribution is -2.01. The van der Waals surface area contributed by atoms with E-state index >= 15 is 0 Å². The number of allylic oxidation sites excluding steroid dienone is 4. The Morgan fingerprint density at radius 3 is 2.78 bits per heavy atom. The molecule has 0 saturated carbocycles. The molecule has 0 saturated heterocycles. The van der Waals surface area contributed by atoms with Crippen molar-refractivity contribution in [3.63, 3.8) is 0 Å². The number of halogens is 2. The van der Waals surface area contributed by atoms with Crippen LogP contribution in [0.2, 0.25) is 0 Å². The van der Waals surface area contributed by atoms with Crippen molar-refractivity contribution >= 4 is 0 Å². The van der Waals surface area contributed by atoms with Crippen LogP contribution in [-0.4, -0.2) is 6.17 Å². The van der Waals surface area contributed by atoms with E-state index in [0.29, 0.717) is 5.57 Å². The molecule has 1 atom stereocenters. The molecular weight excluding hydrogens is 122 g/mol. The van der Waals surface area contributed by atoms with Gasteiger partial charge in [0.25, 0.3) is 0 Å². The van der Waals surface area contributed by atoms with Gasteiger partial charge < -0.3 is 0 Å². The van der Waals surface area contributed by atoms with E-state index in [9.17, 15) is 8.78 Å². The van der Waals surface area contributed by atoms with Gasteiger partial charge in [-0.15, -0.1) is 0 Å². The second-order valence-electron chi connectivity index (χ2n) is 2.21. The van der Waals surface area contributed by atoms with E-state index in [1.165, 1.54) is 12.2 Å². The highest BCUT2D eigenvalue weighted by atomic mass is 19.1. The molecule has 0 aromatic heterocycles. The molecule has 0 fully saturated rings. The van der Waals surface area contributed by atoms with Gasteiger partial charge in [0, 0.05) is 6.42 Å². The summed E-state index contributed by atoms with van der Waals surface area (Å²) < 4.78 is 24.7. The largest absolute Gasteiger partial charge is 0.243 e. The summed E-state index contributed by atoms with van der Waals surface area (Å²) >= 11 is 0. The van der Waals surface area contributed by atoms with Crippen molar-refractivity contribution in [1.29, 1.82) is 0 Å². The lowest BCUT2D eigenvalue weighted by molar-refractivity contribution is 0.388. The molecule has 1 aliphatic carbocycles. The summed E-state index contributed by atoms with van der Waals surface area (Å²) in [6, 6.07) is 0. The highest BCUT2D eigenvalue weighted by Crippen LogP contribution is 2.20. The van der Waals surface area contributed by atoms with Gasteiger partial charge in [-0.1, -0.05) is 0 Å². The Hall–Kier alpha value is -0.660. The molecule has 1 aliphatic rings. The first kappa shape index (κ1) is 6.46. The molecule has 0 nitrogen and oxygen atoms in total. The molecule has 2 heteroatoms. The zero-order valence-electron chi connectivity index (χ0n) is 5.20. The molecular formula is C7H8F2. The average molecular weight is 130 g/mol. The number of hydrogen-bond donors (Lipinski definition) is 0. The monoisotopic (exact) mass is 130 g/mol. The summed E-state index contributed by atoms with van der Waals surface area (Å²) in [5, 5.41) is 0. The predicted molar refractivity (Wildman–Crippen MR) is 32.5 cm³/mol. The Bertz CT molecular complexity index is 168. The molecule has 0 N–H and O–H groups in total. The molecule has 50 valence electrons. The third kappa shape index (κ3) is 1.37. The minimum absolute atomic E-state index is 0.211. The summed E-state index contributed by atoms with van der Waals surface area (Å²) in [6.07, 6.45) is 1.65. The van der Waals surface area contributed by atoms with Crippen LogP contribution < -0.4 is 0 Å². The SMILES string of the molecule is CC1=C(F)C=CC(F)C1. The molecule has 0 bridgehead atoms. The van der Waals surface area contributed by atoms with E-state index < -0.39 is 6.17 Å². The first-order valence-corrected chi connectivity index (χ1v) is 2.87. The molecule has 0 radical (unpaired) electrons. The van der Waals surface area contributed by atoms with Crippen LogP contribution in [0.4, 0.5) is 8.78 Å². The third-order valence-electron chi connectivity index (χ3n) is 1.36. The van der Waals surface area contributed by atoms with Crippen LogP contribution in [0.3, 0.4) is 0 Å². The van der Waals surface area contributed by atoms with E-state index in [1.807, 2.05) is 0 Å². The van der Waals surface area contributed by atoms with Gasteiger partial charge in [0.2, 0.25) is 0 Å².